The Morgan fingerprint density at radius 1 is 1.40 bits per heavy atom. The Hall–Kier alpha value is -1.51. The van der Waals surface area contributed by atoms with E-state index in [2.05, 4.69) is 19.9 Å². The van der Waals surface area contributed by atoms with Crippen LogP contribution < -0.4 is 5.73 Å². The zero-order valence-corrected chi connectivity index (χ0v) is 9.31. The number of para-hydroxylation sites is 1. The molecule has 84 valence electrons. The van der Waals surface area contributed by atoms with Gasteiger partial charge in [0.05, 0.1) is 0 Å². The Kier molecular flexibility index (Phi) is 7.06. The molecule has 0 unspecified atom stereocenters. The molecule has 0 aromatic heterocycles. The summed E-state index contributed by atoms with van der Waals surface area (Å²) in [7, 11) is 0. The lowest BCUT2D eigenvalue weighted by Crippen LogP contribution is -1.96. The molecule has 0 aliphatic carbocycles. The van der Waals surface area contributed by atoms with Crippen LogP contribution in [0.4, 0.5) is 5.69 Å². The highest BCUT2D eigenvalue weighted by molar-refractivity contribution is 5.46. The second-order valence-corrected chi connectivity index (χ2v) is 3.74. The van der Waals surface area contributed by atoms with Crippen molar-refractivity contribution in [1.29, 1.82) is 0 Å². The molecule has 3 nitrogen and oxygen atoms in total. The fraction of sp³-hybridized carbons (Fsp3) is 0.417. The Bertz CT molecular complexity index is 285. The molecule has 1 aromatic rings. The molecule has 1 aromatic carbocycles. The van der Waals surface area contributed by atoms with E-state index < -0.39 is 0 Å². The monoisotopic (exact) mass is 209 g/mol. The van der Waals surface area contributed by atoms with Crippen LogP contribution in [0.3, 0.4) is 0 Å². The minimum atomic E-state index is -0.250. The highest BCUT2D eigenvalue weighted by Gasteiger charge is 1.99. The highest BCUT2D eigenvalue weighted by Crippen LogP contribution is 2.14. The third-order valence-corrected chi connectivity index (χ3v) is 2.05. The third kappa shape index (κ3) is 6.55. The Morgan fingerprint density at radius 2 is 1.93 bits per heavy atom. The molecule has 15 heavy (non-hydrogen) atoms. The molecule has 0 aliphatic rings. The molecule has 0 fully saturated rings. The van der Waals surface area contributed by atoms with Gasteiger partial charge in [0.15, 0.2) is 0 Å². The summed E-state index contributed by atoms with van der Waals surface area (Å²) in [6, 6.07) is 8.10. The van der Waals surface area contributed by atoms with Gasteiger partial charge in [-0.25, -0.2) is 0 Å². The minimum absolute atomic E-state index is 0.250. The number of rotatable bonds is 3. The van der Waals surface area contributed by atoms with Crippen molar-refractivity contribution in [3.05, 3.63) is 29.8 Å². The van der Waals surface area contributed by atoms with Gasteiger partial charge in [0.25, 0.3) is 6.47 Å². The van der Waals surface area contributed by atoms with Gasteiger partial charge in [0.1, 0.15) is 0 Å². The number of benzene rings is 1. The summed E-state index contributed by atoms with van der Waals surface area (Å²) in [6.07, 6.45) is 2.32. The van der Waals surface area contributed by atoms with Crippen molar-refractivity contribution in [2.24, 2.45) is 5.92 Å². The topological polar surface area (TPSA) is 63.3 Å². The second-order valence-electron chi connectivity index (χ2n) is 3.74. The third-order valence-electron chi connectivity index (χ3n) is 2.05. The number of anilines is 1. The molecule has 0 saturated carbocycles. The molecule has 1 rings (SSSR count). The van der Waals surface area contributed by atoms with Crippen molar-refractivity contribution in [2.45, 2.75) is 26.7 Å². The van der Waals surface area contributed by atoms with E-state index in [0.717, 1.165) is 18.0 Å². The number of hydrogen-bond acceptors (Lipinski definition) is 2. The van der Waals surface area contributed by atoms with Crippen LogP contribution in [0, 0.1) is 5.92 Å². The second kappa shape index (κ2) is 7.85. The first kappa shape index (κ1) is 13.5. The maximum Gasteiger partial charge on any atom is 0.290 e. The summed E-state index contributed by atoms with van der Waals surface area (Å²) >= 11 is 0. The molecule has 0 spiro atoms. The molecule has 0 saturated heterocycles. The van der Waals surface area contributed by atoms with E-state index in [1.54, 1.807) is 0 Å². The zero-order chi connectivity index (χ0) is 11.7. The molecule has 0 bridgehead atoms. The summed E-state index contributed by atoms with van der Waals surface area (Å²) in [5, 5.41) is 6.89. The van der Waals surface area contributed by atoms with Crippen LogP contribution in [-0.4, -0.2) is 11.6 Å². The fourth-order valence-corrected chi connectivity index (χ4v) is 1.21. The van der Waals surface area contributed by atoms with Crippen molar-refractivity contribution in [3.8, 4) is 0 Å². The molecule has 0 heterocycles. The van der Waals surface area contributed by atoms with E-state index in [1.165, 1.54) is 12.0 Å². The number of carboxylic acid groups (broad SMARTS) is 1. The summed E-state index contributed by atoms with van der Waals surface area (Å²) in [4.78, 5) is 8.36. The quantitative estimate of drug-likeness (QED) is 0.594. The molecule has 3 heteroatoms. The Labute approximate surface area is 90.9 Å². The van der Waals surface area contributed by atoms with E-state index in [0.29, 0.717) is 0 Å². The zero-order valence-electron chi connectivity index (χ0n) is 9.31. The summed E-state index contributed by atoms with van der Waals surface area (Å²) in [6.45, 7) is 4.22. The van der Waals surface area contributed by atoms with Gasteiger partial charge in [-0.1, -0.05) is 32.0 Å². The average molecular weight is 209 g/mol. The van der Waals surface area contributed by atoms with Gasteiger partial charge in [-0.05, 0) is 30.4 Å². The van der Waals surface area contributed by atoms with Crippen LogP contribution in [0.25, 0.3) is 0 Å². The van der Waals surface area contributed by atoms with Crippen LogP contribution in [0.15, 0.2) is 24.3 Å². The number of hydrogen-bond donors (Lipinski definition) is 2. The maximum atomic E-state index is 8.36. The first-order valence-electron chi connectivity index (χ1n) is 5.03. The number of nitrogen functional groups attached to an aromatic ring is 1. The summed E-state index contributed by atoms with van der Waals surface area (Å²) in [5.74, 6) is 0.754. The molecule has 3 N–H and O–H groups in total. The van der Waals surface area contributed by atoms with Gasteiger partial charge in [-0.2, -0.15) is 0 Å². The van der Waals surface area contributed by atoms with Gasteiger partial charge in [0, 0.05) is 5.69 Å². The van der Waals surface area contributed by atoms with Crippen LogP contribution >= 0.6 is 0 Å². The minimum Gasteiger partial charge on any atom is -0.483 e. The van der Waals surface area contributed by atoms with Gasteiger partial charge >= 0.3 is 0 Å². The van der Waals surface area contributed by atoms with E-state index in [-0.39, 0.29) is 6.47 Å². The average Bonchev–Trinajstić information content (AvgIpc) is 2.17. The SMILES string of the molecule is CC(C)CCc1ccccc1N.O=CO. The maximum absolute atomic E-state index is 8.36. The van der Waals surface area contributed by atoms with Crippen molar-refractivity contribution in [3.63, 3.8) is 0 Å². The Morgan fingerprint density at radius 3 is 2.40 bits per heavy atom. The standard InChI is InChI=1S/C11H17N.CH2O2/c1-9(2)7-8-10-5-3-4-6-11(10)12;2-1-3/h3-6,9H,7-8,12H2,1-2H3;1H,(H,2,3). The lowest BCUT2D eigenvalue weighted by atomic mass is 10.0. The van der Waals surface area contributed by atoms with Crippen LogP contribution in [0.5, 0.6) is 0 Å². The number of nitrogens with two attached hydrogens (primary N) is 1. The molecule has 0 atom stereocenters. The largest absolute Gasteiger partial charge is 0.483 e. The van der Waals surface area contributed by atoms with Gasteiger partial charge in [0.2, 0.25) is 0 Å². The van der Waals surface area contributed by atoms with Crippen LogP contribution in [0.1, 0.15) is 25.8 Å². The van der Waals surface area contributed by atoms with E-state index in [4.69, 9.17) is 15.6 Å². The van der Waals surface area contributed by atoms with Crippen molar-refractivity contribution < 1.29 is 9.90 Å². The van der Waals surface area contributed by atoms with Crippen LogP contribution in [-0.2, 0) is 11.2 Å². The van der Waals surface area contributed by atoms with Crippen molar-refractivity contribution >= 4 is 12.2 Å². The van der Waals surface area contributed by atoms with Crippen molar-refractivity contribution in [1.82, 2.24) is 0 Å². The molecule has 0 aliphatic heterocycles. The first-order valence-corrected chi connectivity index (χ1v) is 5.03. The lowest BCUT2D eigenvalue weighted by Gasteiger charge is -2.06. The lowest BCUT2D eigenvalue weighted by molar-refractivity contribution is -0.122. The molecular weight excluding hydrogens is 190 g/mol. The van der Waals surface area contributed by atoms with Gasteiger partial charge in [-0.3, -0.25) is 4.79 Å². The molecule has 0 amide bonds. The smallest absolute Gasteiger partial charge is 0.290 e. The predicted octanol–water partition coefficient (Wildman–Crippen LogP) is 2.56. The fourth-order valence-electron chi connectivity index (χ4n) is 1.21. The predicted molar refractivity (Wildman–Crippen MR) is 62.7 cm³/mol. The van der Waals surface area contributed by atoms with E-state index >= 15 is 0 Å². The number of aryl methyl sites for hydroxylation is 1. The normalized spacial score (nSPS) is 9.27. The summed E-state index contributed by atoms with van der Waals surface area (Å²) in [5.41, 5.74) is 8.02. The molecular formula is C12H19NO2. The van der Waals surface area contributed by atoms with Crippen LogP contribution in [0.2, 0.25) is 0 Å². The first-order chi connectivity index (χ1) is 7.11. The molecule has 0 radical (unpaired) electrons. The Balaban J connectivity index is 0.000000583. The van der Waals surface area contributed by atoms with E-state index in [9.17, 15) is 0 Å². The van der Waals surface area contributed by atoms with Crippen molar-refractivity contribution in [2.75, 3.05) is 5.73 Å². The van der Waals surface area contributed by atoms with Gasteiger partial charge < -0.3 is 10.8 Å². The van der Waals surface area contributed by atoms with Gasteiger partial charge in [-0.15, -0.1) is 0 Å². The highest BCUT2D eigenvalue weighted by atomic mass is 16.3. The summed E-state index contributed by atoms with van der Waals surface area (Å²) < 4.78 is 0. The number of carbonyl (C=O) groups is 1. The van der Waals surface area contributed by atoms with E-state index in [1.807, 2.05) is 18.2 Å².